The minimum atomic E-state index is -0.887. The second-order valence-corrected chi connectivity index (χ2v) is 4.75. The Morgan fingerprint density at radius 1 is 1.22 bits per heavy atom. The molecule has 0 saturated carbocycles. The van der Waals surface area contributed by atoms with Crippen molar-refractivity contribution in [1.29, 1.82) is 0 Å². The van der Waals surface area contributed by atoms with E-state index in [0.717, 1.165) is 9.13 Å². The molecular weight excluding hydrogens is 305 g/mol. The van der Waals surface area contributed by atoms with Gasteiger partial charge in [0.15, 0.2) is 5.56 Å². The molecule has 0 radical (unpaired) electrons. The second kappa shape index (κ2) is 6.47. The van der Waals surface area contributed by atoms with Crippen molar-refractivity contribution in [2.75, 3.05) is 11.9 Å². The van der Waals surface area contributed by atoms with Crippen LogP contribution in [-0.2, 0) is 18.8 Å². The summed E-state index contributed by atoms with van der Waals surface area (Å²) in [7, 11) is 2.62. The zero-order valence-corrected chi connectivity index (χ0v) is 12.9. The first kappa shape index (κ1) is 16.5. The van der Waals surface area contributed by atoms with Crippen LogP contribution >= 0.6 is 0 Å². The first-order valence-corrected chi connectivity index (χ1v) is 6.87. The van der Waals surface area contributed by atoms with Gasteiger partial charge in [-0.05, 0) is 19.1 Å². The summed E-state index contributed by atoms with van der Waals surface area (Å²) in [5.74, 6) is -1.60. The van der Waals surface area contributed by atoms with Gasteiger partial charge in [-0.1, -0.05) is 12.1 Å². The van der Waals surface area contributed by atoms with Gasteiger partial charge in [0.1, 0.15) is 11.6 Å². The average Bonchev–Trinajstić information content (AvgIpc) is 2.52. The maximum Gasteiger partial charge on any atom is 0.347 e. The molecule has 0 aliphatic carbocycles. The van der Waals surface area contributed by atoms with Crippen molar-refractivity contribution in [2.24, 2.45) is 14.1 Å². The Bertz CT molecular complexity index is 870. The molecule has 0 amide bonds. The molecule has 0 unspecified atom stereocenters. The van der Waals surface area contributed by atoms with Gasteiger partial charge >= 0.3 is 11.7 Å². The molecule has 0 fully saturated rings. The predicted molar refractivity (Wildman–Crippen MR) is 82.6 cm³/mol. The topological polar surface area (TPSA) is 82.3 Å². The van der Waals surface area contributed by atoms with Crippen molar-refractivity contribution >= 4 is 17.5 Å². The monoisotopic (exact) mass is 321 g/mol. The molecule has 0 aliphatic heterocycles. The molecule has 0 aliphatic rings. The highest BCUT2D eigenvalue weighted by atomic mass is 19.1. The smallest absolute Gasteiger partial charge is 0.347 e. The van der Waals surface area contributed by atoms with Crippen molar-refractivity contribution in [3.8, 4) is 0 Å². The molecule has 1 aromatic heterocycles. The molecular formula is C15H16FN3O4. The average molecular weight is 321 g/mol. The third-order valence-electron chi connectivity index (χ3n) is 3.27. The van der Waals surface area contributed by atoms with Crippen molar-refractivity contribution in [1.82, 2.24) is 9.13 Å². The van der Waals surface area contributed by atoms with E-state index in [1.165, 1.54) is 32.3 Å². The van der Waals surface area contributed by atoms with E-state index in [0.29, 0.717) is 0 Å². The van der Waals surface area contributed by atoms with Gasteiger partial charge in [0.05, 0.1) is 12.3 Å². The fraction of sp³-hybridized carbons (Fsp3) is 0.267. The van der Waals surface area contributed by atoms with E-state index in [2.05, 4.69) is 5.32 Å². The molecule has 0 bridgehead atoms. The summed E-state index contributed by atoms with van der Waals surface area (Å²) >= 11 is 0. The van der Waals surface area contributed by atoms with Crippen LogP contribution in [-0.4, -0.2) is 21.7 Å². The van der Waals surface area contributed by atoms with Crippen LogP contribution in [0.15, 0.2) is 33.9 Å². The van der Waals surface area contributed by atoms with Gasteiger partial charge < -0.3 is 10.1 Å². The van der Waals surface area contributed by atoms with Gasteiger partial charge in [-0.3, -0.25) is 13.9 Å². The molecule has 2 aromatic rings. The lowest BCUT2D eigenvalue weighted by Crippen LogP contribution is -2.41. The molecule has 23 heavy (non-hydrogen) atoms. The predicted octanol–water partition coefficient (Wildman–Crippen LogP) is 1.14. The third kappa shape index (κ3) is 3.01. The van der Waals surface area contributed by atoms with Gasteiger partial charge in [0, 0.05) is 14.1 Å². The highest BCUT2D eigenvalue weighted by Gasteiger charge is 2.23. The van der Waals surface area contributed by atoms with Gasteiger partial charge in [-0.15, -0.1) is 0 Å². The van der Waals surface area contributed by atoms with Crippen molar-refractivity contribution < 1.29 is 13.9 Å². The maximum atomic E-state index is 13.8. The Kier molecular flexibility index (Phi) is 4.63. The van der Waals surface area contributed by atoms with Crippen LogP contribution in [0.5, 0.6) is 0 Å². The van der Waals surface area contributed by atoms with Crippen LogP contribution < -0.4 is 16.6 Å². The number of nitrogens with zero attached hydrogens (tertiary/aromatic N) is 2. The Balaban J connectivity index is 2.71. The number of carbonyl (C=O) groups is 1. The zero-order chi connectivity index (χ0) is 17.1. The standard InChI is InChI=1S/C15H16FN3O4/c1-4-23-14(21)11-12(17-10-8-6-5-7-9(10)16)18(2)15(22)19(3)13(11)20/h5-8,17H,4H2,1-3H3. The van der Waals surface area contributed by atoms with Crippen LogP contribution in [0.3, 0.4) is 0 Å². The van der Waals surface area contributed by atoms with Crippen LogP contribution in [0.25, 0.3) is 0 Å². The van der Waals surface area contributed by atoms with Gasteiger partial charge in [-0.2, -0.15) is 0 Å². The number of rotatable bonds is 4. The molecule has 8 heteroatoms. The lowest BCUT2D eigenvalue weighted by molar-refractivity contribution is 0.0523. The summed E-state index contributed by atoms with van der Waals surface area (Å²) in [5.41, 5.74) is -1.80. The molecule has 7 nitrogen and oxygen atoms in total. The molecule has 1 aromatic carbocycles. The number of nitrogens with one attached hydrogen (secondary N) is 1. The largest absolute Gasteiger partial charge is 0.462 e. The van der Waals surface area contributed by atoms with Crippen LogP contribution in [0, 0.1) is 5.82 Å². The summed E-state index contributed by atoms with van der Waals surface area (Å²) in [6.45, 7) is 1.65. The summed E-state index contributed by atoms with van der Waals surface area (Å²) in [6, 6.07) is 5.71. The molecule has 0 saturated heterocycles. The number of anilines is 2. The number of hydrogen-bond donors (Lipinski definition) is 1. The first-order valence-electron chi connectivity index (χ1n) is 6.87. The Morgan fingerprint density at radius 3 is 2.48 bits per heavy atom. The van der Waals surface area contributed by atoms with Crippen molar-refractivity contribution in [2.45, 2.75) is 6.92 Å². The van der Waals surface area contributed by atoms with E-state index in [1.807, 2.05) is 0 Å². The number of hydrogen-bond acceptors (Lipinski definition) is 5. The zero-order valence-electron chi connectivity index (χ0n) is 12.9. The maximum absolute atomic E-state index is 13.8. The summed E-state index contributed by atoms with van der Waals surface area (Å²) < 4.78 is 20.5. The minimum Gasteiger partial charge on any atom is -0.462 e. The second-order valence-electron chi connectivity index (χ2n) is 4.75. The molecule has 2 rings (SSSR count). The van der Waals surface area contributed by atoms with Gasteiger partial charge in [0.25, 0.3) is 5.56 Å². The molecule has 122 valence electrons. The number of ether oxygens (including phenoxy) is 1. The minimum absolute atomic E-state index is 0.0290. The van der Waals surface area contributed by atoms with Crippen molar-refractivity contribution in [3.05, 3.63) is 56.5 Å². The summed E-state index contributed by atoms with van der Waals surface area (Å²) in [6.07, 6.45) is 0. The van der Waals surface area contributed by atoms with Crippen LogP contribution in [0.4, 0.5) is 15.9 Å². The van der Waals surface area contributed by atoms with Gasteiger partial charge in [-0.25, -0.2) is 14.0 Å². The number of para-hydroxylation sites is 1. The van der Waals surface area contributed by atoms with E-state index >= 15 is 0 Å². The highest BCUT2D eigenvalue weighted by molar-refractivity contribution is 5.95. The lowest BCUT2D eigenvalue weighted by atomic mass is 10.2. The van der Waals surface area contributed by atoms with E-state index in [1.54, 1.807) is 13.0 Å². The number of aromatic nitrogens is 2. The fourth-order valence-corrected chi connectivity index (χ4v) is 2.07. The fourth-order valence-electron chi connectivity index (χ4n) is 2.07. The SMILES string of the molecule is CCOC(=O)c1c(Nc2ccccc2F)n(C)c(=O)n(C)c1=O. The number of benzene rings is 1. The molecule has 1 N–H and O–H groups in total. The normalized spacial score (nSPS) is 10.4. The van der Waals surface area contributed by atoms with E-state index in [4.69, 9.17) is 4.74 Å². The van der Waals surface area contributed by atoms with E-state index < -0.39 is 23.0 Å². The van der Waals surface area contributed by atoms with Crippen LogP contribution in [0.1, 0.15) is 17.3 Å². The van der Waals surface area contributed by atoms with E-state index in [-0.39, 0.29) is 23.7 Å². The number of halogens is 1. The molecule has 0 atom stereocenters. The molecule has 1 heterocycles. The number of esters is 1. The Morgan fingerprint density at radius 2 is 1.87 bits per heavy atom. The quantitative estimate of drug-likeness (QED) is 0.854. The van der Waals surface area contributed by atoms with Crippen LogP contribution in [0.2, 0.25) is 0 Å². The highest BCUT2D eigenvalue weighted by Crippen LogP contribution is 2.20. The Labute approximate surface area is 130 Å². The summed E-state index contributed by atoms with van der Waals surface area (Å²) in [5, 5.41) is 2.63. The first-order chi connectivity index (χ1) is 10.9. The van der Waals surface area contributed by atoms with Crippen molar-refractivity contribution in [3.63, 3.8) is 0 Å². The Hall–Kier alpha value is -2.90. The number of carbonyl (C=O) groups excluding carboxylic acids is 1. The lowest BCUT2D eigenvalue weighted by Gasteiger charge is -2.16. The third-order valence-corrected chi connectivity index (χ3v) is 3.27. The van der Waals surface area contributed by atoms with E-state index in [9.17, 15) is 18.8 Å². The molecule has 0 spiro atoms. The van der Waals surface area contributed by atoms with Gasteiger partial charge in [0.2, 0.25) is 0 Å². The summed E-state index contributed by atoms with van der Waals surface area (Å²) in [4.78, 5) is 36.4.